The number of anilines is 3. The van der Waals surface area contributed by atoms with Crippen LogP contribution in [0.15, 0.2) is 218 Å². The summed E-state index contributed by atoms with van der Waals surface area (Å²) in [5, 5.41) is 2.53. The van der Waals surface area contributed by atoms with Gasteiger partial charge in [-0.25, -0.2) is 0 Å². The van der Waals surface area contributed by atoms with Crippen molar-refractivity contribution in [2.24, 2.45) is 0 Å². The molecule has 10 aromatic rings. The van der Waals surface area contributed by atoms with Crippen LogP contribution in [0, 0.1) is 0 Å². The Bertz CT molecular complexity index is 3180. The minimum atomic E-state index is -0.584. The molecule has 0 N–H and O–H groups in total. The Hall–Kier alpha value is -7.62. The van der Waals surface area contributed by atoms with Crippen molar-refractivity contribution < 1.29 is 4.74 Å². The summed E-state index contributed by atoms with van der Waals surface area (Å²) in [6.45, 7) is 0. The lowest BCUT2D eigenvalue weighted by molar-refractivity contribution is 0.434. The van der Waals surface area contributed by atoms with Crippen molar-refractivity contribution in [2.45, 2.75) is 5.41 Å². The maximum atomic E-state index is 6.93. The number of para-hydroxylation sites is 5. The summed E-state index contributed by atoms with van der Waals surface area (Å²) in [5.41, 5.74) is 15.9. The van der Waals surface area contributed by atoms with E-state index >= 15 is 0 Å². The lowest BCUT2D eigenvalue weighted by Crippen LogP contribution is -2.37. The first kappa shape index (κ1) is 32.6. The highest BCUT2D eigenvalue weighted by molar-refractivity contribution is 6.12. The molecular weight excluding hydrogens is 705 g/mol. The van der Waals surface area contributed by atoms with Gasteiger partial charge in [0.05, 0.1) is 22.1 Å². The lowest BCUT2D eigenvalue weighted by atomic mass is 9.61. The second-order valence-electron chi connectivity index (χ2n) is 15.3. The van der Waals surface area contributed by atoms with Crippen LogP contribution in [-0.2, 0) is 5.41 Å². The number of nitrogens with zero attached hydrogens (tertiary/aromatic N) is 2. The highest BCUT2D eigenvalue weighted by Gasteiger charge is 2.50. The summed E-state index contributed by atoms with van der Waals surface area (Å²) in [4.78, 5) is 2.32. The van der Waals surface area contributed by atoms with E-state index in [1.807, 2.05) is 0 Å². The molecule has 0 aliphatic carbocycles. The van der Waals surface area contributed by atoms with E-state index < -0.39 is 5.41 Å². The van der Waals surface area contributed by atoms with Crippen molar-refractivity contribution in [3.63, 3.8) is 0 Å². The first-order valence-electron chi connectivity index (χ1n) is 19.9. The SMILES string of the molecule is c1ccc(-c2ccc(N(c3ccccc3)c3ccc(-c4ccc5c(c4)Oc4ccccc4C54c5ccccc5-n5c6ccccc6c6cccc4c65)cc3)cc2)cc1. The van der Waals surface area contributed by atoms with Crippen LogP contribution in [0.4, 0.5) is 17.1 Å². The molecule has 2 aliphatic rings. The Morgan fingerprint density at radius 1 is 0.362 bits per heavy atom. The highest BCUT2D eigenvalue weighted by atomic mass is 16.5. The van der Waals surface area contributed by atoms with Gasteiger partial charge in [-0.3, -0.25) is 0 Å². The Morgan fingerprint density at radius 3 is 1.67 bits per heavy atom. The van der Waals surface area contributed by atoms with Gasteiger partial charge in [0, 0.05) is 39.0 Å². The molecule has 1 atom stereocenters. The molecular formula is C55H36N2O. The fourth-order valence-electron chi connectivity index (χ4n) is 9.77. The standard InChI is InChI=1S/C55H36N2O/c1-3-14-37(15-4-1)38-26-31-42(32-27-38)56(41-16-5-2-6-17-41)43-33-28-39(29-34-43)40-30-35-48-53(36-40)58-52-25-12-9-21-47(52)55(48)46-20-8-11-24-51(46)57-50-23-10-7-18-44(50)45-19-13-22-49(55)54(45)57/h1-36H. The summed E-state index contributed by atoms with van der Waals surface area (Å²) < 4.78 is 9.41. The smallest absolute Gasteiger partial charge is 0.132 e. The number of rotatable bonds is 5. The van der Waals surface area contributed by atoms with E-state index in [0.29, 0.717) is 0 Å². The number of fused-ring (bicyclic) bond motifs is 11. The highest BCUT2D eigenvalue weighted by Crippen LogP contribution is 2.60. The van der Waals surface area contributed by atoms with E-state index in [9.17, 15) is 0 Å². The lowest BCUT2D eigenvalue weighted by Gasteiger charge is -2.45. The predicted octanol–water partition coefficient (Wildman–Crippen LogP) is 14.4. The minimum absolute atomic E-state index is 0.584. The van der Waals surface area contributed by atoms with Crippen molar-refractivity contribution in [3.8, 4) is 39.4 Å². The van der Waals surface area contributed by atoms with Crippen LogP contribution in [0.25, 0.3) is 49.7 Å². The molecule has 1 unspecified atom stereocenters. The molecule has 3 nitrogen and oxygen atoms in total. The van der Waals surface area contributed by atoms with Crippen molar-refractivity contribution in [1.29, 1.82) is 0 Å². The number of hydrogen-bond donors (Lipinski definition) is 0. The van der Waals surface area contributed by atoms with Gasteiger partial charge < -0.3 is 14.2 Å². The zero-order valence-electron chi connectivity index (χ0n) is 31.6. The van der Waals surface area contributed by atoms with Gasteiger partial charge in [0.25, 0.3) is 0 Å². The van der Waals surface area contributed by atoms with E-state index in [1.165, 1.54) is 49.7 Å². The molecule has 1 aromatic heterocycles. The minimum Gasteiger partial charge on any atom is -0.457 e. The average Bonchev–Trinajstić information content (AvgIpc) is 3.64. The van der Waals surface area contributed by atoms with E-state index in [0.717, 1.165) is 50.8 Å². The van der Waals surface area contributed by atoms with Gasteiger partial charge in [-0.2, -0.15) is 0 Å². The molecule has 0 bridgehead atoms. The van der Waals surface area contributed by atoms with Crippen molar-refractivity contribution in [1.82, 2.24) is 4.57 Å². The molecule has 3 heterocycles. The van der Waals surface area contributed by atoms with Gasteiger partial charge in [-0.05, 0) is 94.0 Å². The summed E-state index contributed by atoms with van der Waals surface area (Å²) >= 11 is 0. The summed E-state index contributed by atoms with van der Waals surface area (Å²) in [6, 6.07) is 78.9. The first-order chi connectivity index (χ1) is 28.8. The molecule has 0 saturated carbocycles. The fourth-order valence-corrected chi connectivity index (χ4v) is 9.77. The van der Waals surface area contributed by atoms with Gasteiger partial charge in [0.2, 0.25) is 0 Å². The van der Waals surface area contributed by atoms with Gasteiger partial charge in [0.1, 0.15) is 11.5 Å². The zero-order valence-corrected chi connectivity index (χ0v) is 31.6. The molecule has 3 heteroatoms. The van der Waals surface area contributed by atoms with Crippen LogP contribution in [-0.4, -0.2) is 4.57 Å². The number of benzene rings is 9. The summed E-state index contributed by atoms with van der Waals surface area (Å²) in [6.07, 6.45) is 0. The molecule has 0 saturated heterocycles. The summed E-state index contributed by atoms with van der Waals surface area (Å²) in [5.74, 6) is 1.76. The normalized spacial score (nSPS) is 14.8. The Morgan fingerprint density at radius 2 is 0.897 bits per heavy atom. The number of aromatic nitrogens is 1. The van der Waals surface area contributed by atoms with E-state index in [4.69, 9.17) is 4.74 Å². The van der Waals surface area contributed by atoms with E-state index in [1.54, 1.807) is 0 Å². The second kappa shape index (κ2) is 12.7. The first-order valence-corrected chi connectivity index (χ1v) is 19.9. The van der Waals surface area contributed by atoms with Crippen LogP contribution in [0.5, 0.6) is 11.5 Å². The zero-order chi connectivity index (χ0) is 38.2. The fraction of sp³-hybridized carbons (Fsp3) is 0.0182. The molecule has 12 rings (SSSR count). The number of hydrogen-bond acceptors (Lipinski definition) is 2. The van der Waals surface area contributed by atoms with Crippen LogP contribution in [0.1, 0.15) is 22.3 Å². The van der Waals surface area contributed by atoms with Gasteiger partial charge in [-0.1, -0.05) is 158 Å². The molecule has 0 fully saturated rings. The number of ether oxygens (including phenoxy) is 1. The van der Waals surface area contributed by atoms with Crippen molar-refractivity contribution in [2.75, 3.05) is 4.90 Å². The molecule has 272 valence electrons. The van der Waals surface area contributed by atoms with Gasteiger partial charge in [0.15, 0.2) is 0 Å². The van der Waals surface area contributed by atoms with Crippen molar-refractivity contribution >= 4 is 38.9 Å². The van der Waals surface area contributed by atoms with E-state index in [2.05, 4.69) is 228 Å². The Labute approximate surface area is 337 Å². The quantitative estimate of drug-likeness (QED) is 0.175. The third kappa shape index (κ3) is 4.68. The Kier molecular flexibility index (Phi) is 7.14. The maximum absolute atomic E-state index is 6.93. The van der Waals surface area contributed by atoms with Crippen LogP contribution in [0.3, 0.4) is 0 Å². The average molecular weight is 741 g/mol. The molecule has 2 aliphatic heterocycles. The molecule has 0 radical (unpaired) electrons. The van der Waals surface area contributed by atoms with Gasteiger partial charge in [-0.15, -0.1) is 0 Å². The topological polar surface area (TPSA) is 17.4 Å². The third-order valence-electron chi connectivity index (χ3n) is 12.3. The molecule has 0 amide bonds. The predicted molar refractivity (Wildman–Crippen MR) is 238 cm³/mol. The van der Waals surface area contributed by atoms with Crippen LogP contribution in [0.2, 0.25) is 0 Å². The maximum Gasteiger partial charge on any atom is 0.132 e. The molecule has 1 spiro atoms. The van der Waals surface area contributed by atoms with Crippen molar-refractivity contribution in [3.05, 3.63) is 241 Å². The second-order valence-corrected chi connectivity index (χ2v) is 15.3. The van der Waals surface area contributed by atoms with E-state index in [-0.39, 0.29) is 0 Å². The van der Waals surface area contributed by atoms with Crippen LogP contribution < -0.4 is 9.64 Å². The Balaban J connectivity index is 0.994. The largest absolute Gasteiger partial charge is 0.457 e. The third-order valence-corrected chi connectivity index (χ3v) is 12.3. The molecule has 58 heavy (non-hydrogen) atoms. The van der Waals surface area contributed by atoms with Crippen LogP contribution >= 0.6 is 0 Å². The monoisotopic (exact) mass is 740 g/mol. The summed E-state index contributed by atoms with van der Waals surface area (Å²) in [7, 11) is 0. The molecule has 9 aromatic carbocycles. The van der Waals surface area contributed by atoms with Gasteiger partial charge >= 0.3 is 0 Å².